The first-order valence-corrected chi connectivity index (χ1v) is 21.0. The van der Waals surface area contributed by atoms with Gasteiger partial charge in [-0.3, -0.25) is 8.61 Å². The van der Waals surface area contributed by atoms with E-state index in [2.05, 4.69) is 0 Å². The van der Waals surface area contributed by atoms with Gasteiger partial charge in [-0.1, -0.05) is 143 Å². The number of para-hydroxylation sites is 2. The second kappa shape index (κ2) is 15.6. The third kappa shape index (κ3) is 7.79. The van der Waals surface area contributed by atoms with Crippen LogP contribution in [0.25, 0.3) is 0 Å². The Labute approximate surface area is 303 Å². The van der Waals surface area contributed by atoms with E-state index in [4.69, 9.17) is 0 Å². The normalized spacial score (nSPS) is 11.6. The van der Waals surface area contributed by atoms with Gasteiger partial charge in [0.1, 0.15) is 0 Å². The van der Waals surface area contributed by atoms with Crippen LogP contribution in [0.5, 0.6) is 0 Å². The molecule has 0 aliphatic carbocycles. The molecule has 0 aliphatic heterocycles. The van der Waals surface area contributed by atoms with E-state index in [1.165, 1.54) is 30.2 Å². The maximum Gasteiger partial charge on any atom is 0.264 e. The summed E-state index contributed by atoms with van der Waals surface area (Å²) < 4.78 is 60.6. The Balaban J connectivity index is 1.40. The molecule has 254 valence electrons. The van der Waals surface area contributed by atoms with Gasteiger partial charge in [-0.05, 0) is 72.5 Å². The number of hydrogen-bond donors (Lipinski definition) is 0. The molecule has 0 fully saturated rings. The molecule has 0 heterocycles. The summed E-state index contributed by atoms with van der Waals surface area (Å²) in [5, 5.41) is 0. The zero-order valence-electron chi connectivity index (χ0n) is 27.6. The molecule has 0 bridgehead atoms. The fourth-order valence-corrected chi connectivity index (χ4v) is 11.5. The monoisotopic (exact) mass is 736 g/mol. The number of nitrogens with zero attached hydrogens (tertiary/aromatic N) is 2. The predicted molar refractivity (Wildman–Crippen MR) is 207 cm³/mol. The maximum absolute atomic E-state index is 14.4. The Kier molecular flexibility index (Phi) is 11.0. The molecule has 0 unspecified atom stereocenters. The average Bonchev–Trinajstić information content (AvgIpc) is 3.13. The minimum atomic E-state index is -3.98. The largest absolute Gasteiger partial charge is 0.264 e. The summed E-state index contributed by atoms with van der Waals surface area (Å²) in [4.78, 5) is 1.92. The number of hydrogen-bond acceptors (Lipinski definition) is 6. The lowest BCUT2D eigenvalue weighted by Crippen LogP contribution is -2.31. The van der Waals surface area contributed by atoms with Crippen LogP contribution < -0.4 is 8.61 Å². The molecule has 0 aromatic heterocycles. The first kappa shape index (κ1) is 35.3. The highest BCUT2D eigenvalue weighted by Gasteiger charge is 2.30. The quantitative estimate of drug-likeness (QED) is 0.110. The SMILES string of the molecule is Cc1ccccc1S(=O)(=O)N(Cc1ccccc1)c1ccccc1SSc1ccccc1N(Cc1ccccc1)S(=O)(=O)c1ccccc1C. The fourth-order valence-electron chi connectivity index (χ4n) is 5.58. The second-order valence-corrected chi connectivity index (χ2v) is 17.5. The van der Waals surface area contributed by atoms with Crippen LogP contribution in [0, 0.1) is 13.8 Å². The molecule has 6 nitrogen and oxygen atoms in total. The molecule has 0 aliphatic rings. The van der Waals surface area contributed by atoms with Gasteiger partial charge in [0, 0.05) is 9.79 Å². The van der Waals surface area contributed by atoms with Crippen LogP contribution in [0.1, 0.15) is 22.3 Å². The third-order valence-electron chi connectivity index (χ3n) is 8.15. The molecule has 6 aromatic carbocycles. The minimum absolute atomic E-state index is 0.135. The molecule has 6 aromatic rings. The molecular formula is C40H36N2O4S4. The lowest BCUT2D eigenvalue weighted by molar-refractivity contribution is 0.587. The highest BCUT2D eigenvalue weighted by molar-refractivity contribution is 8.76. The molecule has 0 saturated carbocycles. The molecule has 0 N–H and O–H groups in total. The first-order chi connectivity index (χ1) is 24.2. The second-order valence-electron chi connectivity index (χ2n) is 11.6. The first-order valence-electron chi connectivity index (χ1n) is 15.9. The highest BCUT2D eigenvalue weighted by Crippen LogP contribution is 2.47. The van der Waals surface area contributed by atoms with Crippen LogP contribution >= 0.6 is 21.6 Å². The molecule has 0 spiro atoms. The van der Waals surface area contributed by atoms with Crippen molar-refractivity contribution in [1.82, 2.24) is 0 Å². The van der Waals surface area contributed by atoms with Crippen LogP contribution in [0.15, 0.2) is 177 Å². The van der Waals surface area contributed by atoms with Crippen LogP contribution in [0.4, 0.5) is 11.4 Å². The van der Waals surface area contributed by atoms with Gasteiger partial charge >= 0.3 is 0 Å². The van der Waals surface area contributed by atoms with Gasteiger partial charge in [0.15, 0.2) is 0 Å². The number of aryl methyl sites for hydroxylation is 2. The van der Waals surface area contributed by atoms with Gasteiger partial charge in [0.2, 0.25) is 0 Å². The van der Waals surface area contributed by atoms with Crippen molar-refractivity contribution in [2.45, 2.75) is 46.5 Å². The van der Waals surface area contributed by atoms with E-state index in [0.29, 0.717) is 22.5 Å². The van der Waals surface area contributed by atoms with Gasteiger partial charge in [-0.25, -0.2) is 16.8 Å². The Bertz CT molecular complexity index is 2140. The van der Waals surface area contributed by atoms with E-state index in [1.54, 1.807) is 50.2 Å². The van der Waals surface area contributed by atoms with Crippen LogP contribution in [0.3, 0.4) is 0 Å². The molecule has 0 amide bonds. The third-order valence-corrected chi connectivity index (χ3v) is 14.5. The average molecular weight is 737 g/mol. The lowest BCUT2D eigenvalue weighted by atomic mass is 10.2. The molecule has 0 radical (unpaired) electrons. The molecule has 0 atom stereocenters. The van der Waals surface area contributed by atoms with E-state index >= 15 is 0 Å². The Morgan fingerprint density at radius 1 is 0.420 bits per heavy atom. The standard InChI is InChI=1S/C40H36N2O4S4/c1-31-17-9-15-27-39(31)49(43,44)41(29-33-19-5-3-6-20-33)35-23-11-13-25-37(35)47-48-38-26-14-12-24-36(38)42(30-34-21-7-4-8-22-34)50(45,46)40-28-16-10-18-32(40)2/h3-28H,29-30H2,1-2H3. The molecule has 10 heteroatoms. The van der Waals surface area contributed by atoms with Gasteiger partial charge < -0.3 is 0 Å². The summed E-state index contributed by atoms with van der Waals surface area (Å²) >= 11 is 0. The molecule has 6 rings (SSSR count). The Hall–Kier alpha value is -4.48. The van der Waals surface area contributed by atoms with Crippen molar-refractivity contribution in [3.63, 3.8) is 0 Å². The van der Waals surface area contributed by atoms with E-state index in [1.807, 2.05) is 121 Å². The maximum atomic E-state index is 14.4. The Morgan fingerprint density at radius 3 is 1.12 bits per heavy atom. The summed E-state index contributed by atoms with van der Waals surface area (Å²) in [6.45, 7) is 3.87. The van der Waals surface area contributed by atoms with Gasteiger partial charge in [-0.15, -0.1) is 0 Å². The summed E-state index contributed by atoms with van der Waals surface area (Å²) in [5.41, 5.74) is 4.08. The number of rotatable bonds is 13. The Morgan fingerprint density at radius 2 is 0.740 bits per heavy atom. The van der Waals surface area contributed by atoms with Crippen molar-refractivity contribution in [1.29, 1.82) is 0 Å². The summed E-state index contributed by atoms with van der Waals surface area (Å²) in [5.74, 6) is 0. The van der Waals surface area contributed by atoms with Gasteiger partial charge in [0.05, 0.1) is 34.3 Å². The number of sulfonamides is 2. The van der Waals surface area contributed by atoms with E-state index in [-0.39, 0.29) is 22.9 Å². The summed E-state index contributed by atoms with van der Waals surface area (Å²) in [7, 11) is -5.17. The zero-order valence-corrected chi connectivity index (χ0v) is 30.9. The highest BCUT2D eigenvalue weighted by atomic mass is 33.1. The topological polar surface area (TPSA) is 74.8 Å². The van der Waals surface area contributed by atoms with E-state index in [9.17, 15) is 16.8 Å². The molecular weight excluding hydrogens is 701 g/mol. The zero-order chi connectivity index (χ0) is 35.1. The fraction of sp³-hybridized carbons (Fsp3) is 0.100. The minimum Gasteiger partial charge on any atom is -0.261 e. The van der Waals surface area contributed by atoms with E-state index in [0.717, 1.165) is 20.9 Å². The van der Waals surface area contributed by atoms with Gasteiger partial charge in [-0.2, -0.15) is 0 Å². The number of benzene rings is 6. The van der Waals surface area contributed by atoms with Crippen LogP contribution in [-0.4, -0.2) is 16.8 Å². The number of anilines is 2. The van der Waals surface area contributed by atoms with Crippen molar-refractivity contribution < 1.29 is 16.8 Å². The predicted octanol–water partition coefficient (Wildman–Crippen LogP) is 9.89. The lowest BCUT2D eigenvalue weighted by Gasteiger charge is -2.28. The van der Waals surface area contributed by atoms with Crippen molar-refractivity contribution in [3.05, 3.63) is 180 Å². The van der Waals surface area contributed by atoms with Crippen molar-refractivity contribution in [3.8, 4) is 0 Å². The van der Waals surface area contributed by atoms with Crippen molar-refractivity contribution >= 4 is 53.0 Å². The van der Waals surface area contributed by atoms with Crippen molar-refractivity contribution in [2.24, 2.45) is 0 Å². The molecule has 50 heavy (non-hydrogen) atoms. The summed E-state index contributed by atoms with van der Waals surface area (Å²) in [6, 6.07) is 47.9. The van der Waals surface area contributed by atoms with Crippen LogP contribution in [0.2, 0.25) is 0 Å². The summed E-state index contributed by atoms with van der Waals surface area (Å²) in [6.07, 6.45) is 0. The molecule has 0 saturated heterocycles. The van der Waals surface area contributed by atoms with E-state index < -0.39 is 20.0 Å². The smallest absolute Gasteiger partial charge is 0.261 e. The van der Waals surface area contributed by atoms with Crippen LogP contribution in [-0.2, 0) is 33.1 Å². The van der Waals surface area contributed by atoms with Crippen molar-refractivity contribution in [2.75, 3.05) is 8.61 Å². The van der Waals surface area contributed by atoms with Gasteiger partial charge in [0.25, 0.3) is 20.0 Å².